The maximum absolute atomic E-state index is 13.2. The Morgan fingerprint density at radius 2 is 1.94 bits per heavy atom. The lowest BCUT2D eigenvalue weighted by molar-refractivity contribution is -0.140. The molecule has 1 fully saturated rings. The lowest BCUT2D eigenvalue weighted by Crippen LogP contribution is -2.38. The lowest BCUT2D eigenvalue weighted by Gasteiger charge is -2.31. The molecule has 0 unspecified atom stereocenters. The van der Waals surface area contributed by atoms with Crippen LogP contribution in [0.15, 0.2) is 30.5 Å². The van der Waals surface area contributed by atoms with E-state index in [1.54, 1.807) is 23.0 Å². The van der Waals surface area contributed by atoms with Gasteiger partial charge in [0.15, 0.2) is 0 Å². The number of fused-ring (bicyclic) bond motifs is 1. The molecule has 0 atom stereocenters. The van der Waals surface area contributed by atoms with E-state index in [0.717, 1.165) is 37.3 Å². The van der Waals surface area contributed by atoms with E-state index >= 15 is 0 Å². The van der Waals surface area contributed by atoms with Crippen LogP contribution in [0, 0.1) is 5.92 Å². The van der Waals surface area contributed by atoms with Crippen LogP contribution in [0.25, 0.3) is 10.9 Å². The molecule has 4 rings (SSSR count). The number of carbonyl (C=O) groups is 1. The second kappa shape index (κ2) is 9.44. The normalized spacial score (nSPS) is 19.0. The summed E-state index contributed by atoms with van der Waals surface area (Å²) in [6, 6.07) is 5.62. The van der Waals surface area contributed by atoms with Crippen molar-refractivity contribution in [3.05, 3.63) is 52.4 Å². The van der Waals surface area contributed by atoms with Gasteiger partial charge in [0.1, 0.15) is 11.4 Å². The molecular formula is C24H27ClF3N5O. The summed E-state index contributed by atoms with van der Waals surface area (Å²) >= 11 is 6.50. The van der Waals surface area contributed by atoms with E-state index in [4.69, 9.17) is 17.3 Å². The number of rotatable bonds is 5. The fraction of sp³-hybridized carbons (Fsp3) is 0.458. The number of nitrogens with one attached hydrogen (secondary N) is 1. The predicted octanol–water partition coefficient (Wildman–Crippen LogP) is 5.80. The molecule has 3 aromatic rings. The summed E-state index contributed by atoms with van der Waals surface area (Å²) in [6.07, 6.45) is -0.0852. The van der Waals surface area contributed by atoms with Crippen LogP contribution in [-0.2, 0) is 12.7 Å². The van der Waals surface area contributed by atoms with Crippen molar-refractivity contribution in [1.29, 1.82) is 0 Å². The molecule has 0 bridgehead atoms. The average Bonchev–Trinajstić information content (AvgIpc) is 3.21. The number of hydrogen-bond acceptors (Lipinski definition) is 4. The van der Waals surface area contributed by atoms with Crippen molar-refractivity contribution >= 4 is 34.1 Å². The van der Waals surface area contributed by atoms with Gasteiger partial charge < -0.3 is 11.1 Å². The van der Waals surface area contributed by atoms with E-state index in [-0.39, 0.29) is 29.1 Å². The summed E-state index contributed by atoms with van der Waals surface area (Å²) in [5.41, 5.74) is 6.51. The summed E-state index contributed by atoms with van der Waals surface area (Å²) < 4.78 is 41.3. The van der Waals surface area contributed by atoms with Crippen molar-refractivity contribution in [3.8, 4) is 0 Å². The SMILES string of the molecule is CC(C)Cn1nccc1C(=O)NC1CCC(c2c(Cl)ccc3nc(C(F)(F)F)cc(N)c23)CC1. The van der Waals surface area contributed by atoms with Gasteiger partial charge in [0.25, 0.3) is 5.91 Å². The molecule has 0 saturated heterocycles. The van der Waals surface area contributed by atoms with Gasteiger partial charge in [-0.1, -0.05) is 25.4 Å². The van der Waals surface area contributed by atoms with Gasteiger partial charge in [-0.2, -0.15) is 18.3 Å². The monoisotopic (exact) mass is 493 g/mol. The molecule has 0 radical (unpaired) electrons. The Balaban J connectivity index is 1.50. The minimum absolute atomic E-state index is 0.00722. The fourth-order valence-electron chi connectivity index (χ4n) is 4.71. The maximum Gasteiger partial charge on any atom is 0.433 e. The summed E-state index contributed by atoms with van der Waals surface area (Å²) in [6.45, 7) is 4.79. The Bertz CT molecular complexity index is 1200. The zero-order chi connectivity index (χ0) is 24.6. The number of benzene rings is 1. The van der Waals surface area contributed by atoms with Crippen molar-refractivity contribution < 1.29 is 18.0 Å². The summed E-state index contributed by atoms with van der Waals surface area (Å²) in [5.74, 6) is 0.219. The first kappa shape index (κ1) is 24.3. The summed E-state index contributed by atoms with van der Waals surface area (Å²) in [5, 5.41) is 8.28. The van der Waals surface area contributed by atoms with E-state index in [2.05, 4.69) is 29.2 Å². The Hall–Kier alpha value is -2.81. The van der Waals surface area contributed by atoms with E-state index in [1.165, 1.54) is 6.07 Å². The molecule has 2 heterocycles. The van der Waals surface area contributed by atoms with Crippen LogP contribution in [0.2, 0.25) is 5.02 Å². The fourth-order valence-corrected chi connectivity index (χ4v) is 5.02. The van der Waals surface area contributed by atoms with Crippen LogP contribution >= 0.6 is 11.6 Å². The quantitative estimate of drug-likeness (QED) is 0.470. The van der Waals surface area contributed by atoms with Gasteiger partial charge in [-0.3, -0.25) is 9.48 Å². The number of pyridine rings is 1. The second-order valence-corrected chi connectivity index (χ2v) is 9.67. The second-order valence-electron chi connectivity index (χ2n) is 9.26. The molecule has 3 N–H and O–H groups in total. The largest absolute Gasteiger partial charge is 0.433 e. The molecule has 182 valence electrons. The number of hydrogen-bond donors (Lipinski definition) is 2. The highest BCUT2D eigenvalue weighted by atomic mass is 35.5. The third kappa shape index (κ3) is 4.99. The average molecular weight is 494 g/mol. The molecule has 1 aliphatic rings. The van der Waals surface area contributed by atoms with Crippen molar-refractivity contribution in [2.75, 3.05) is 5.73 Å². The van der Waals surface area contributed by atoms with Gasteiger partial charge in [-0.15, -0.1) is 0 Å². The molecule has 1 saturated carbocycles. The first-order valence-corrected chi connectivity index (χ1v) is 11.7. The van der Waals surface area contributed by atoms with Crippen molar-refractivity contribution in [3.63, 3.8) is 0 Å². The minimum Gasteiger partial charge on any atom is -0.398 e. The zero-order valence-electron chi connectivity index (χ0n) is 19.0. The molecule has 10 heteroatoms. The van der Waals surface area contributed by atoms with E-state index in [9.17, 15) is 18.0 Å². The number of carbonyl (C=O) groups excluding carboxylic acids is 1. The third-order valence-electron chi connectivity index (χ3n) is 6.24. The summed E-state index contributed by atoms with van der Waals surface area (Å²) in [7, 11) is 0. The summed E-state index contributed by atoms with van der Waals surface area (Å²) in [4.78, 5) is 16.6. The Morgan fingerprint density at radius 1 is 1.24 bits per heavy atom. The number of nitrogens with two attached hydrogens (primary N) is 1. The van der Waals surface area contributed by atoms with E-state index in [1.807, 2.05) is 0 Å². The van der Waals surface area contributed by atoms with Crippen LogP contribution in [0.4, 0.5) is 18.9 Å². The van der Waals surface area contributed by atoms with E-state index in [0.29, 0.717) is 28.6 Å². The molecule has 6 nitrogen and oxygen atoms in total. The van der Waals surface area contributed by atoms with Gasteiger partial charge in [-0.05, 0) is 67.3 Å². The zero-order valence-corrected chi connectivity index (χ0v) is 19.7. The standard InChI is InChI=1S/C24H27ClF3N5O/c1-13(2)12-33-19(9-10-30-33)23(34)31-15-5-3-14(4-6-15)21-16(25)7-8-18-22(21)17(29)11-20(32-18)24(26,27)28/h7-11,13-15H,3-6,12H2,1-2H3,(H2,29,32)(H,31,34). The Morgan fingerprint density at radius 3 is 2.59 bits per heavy atom. The van der Waals surface area contributed by atoms with Crippen LogP contribution < -0.4 is 11.1 Å². The first-order valence-electron chi connectivity index (χ1n) is 11.3. The number of nitrogen functional groups attached to an aromatic ring is 1. The van der Waals surface area contributed by atoms with Gasteiger partial charge in [0, 0.05) is 34.9 Å². The topological polar surface area (TPSA) is 85.8 Å². The minimum atomic E-state index is -4.58. The lowest BCUT2D eigenvalue weighted by atomic mass is 9.80. The molecule has 1 amide bonds. The smallest absolute Gasteiger partial charge is 0.398 e. The molecule has 0 aliphatic heterocycles. The number of nitrogens with zero attached hydrogens (tertiary/aromatic N) is 3. The van der Waals surface area contributed by atoms with Gasteiger partial charge in [0.05, 0.1) is 5.52 Å². The highest BCUT2D eigenvalue weighted by Gasteiger charge is 2.34. The van der Waals surface area contributed by atoms with Crippen LogP contribution in [0.5, 0.6) is 0 Å². The molecule has 34 heavy (non-hydrogen) atoms. The first-order chi connectivity index (χ1) is 16.0. The van der Waals surface area contributed by atoms with Crippen molar-refractivity contribution in [2.24, 2.45) is 5.92 Å². The number of aromatic nitrogens is 3. The number of halogens is 4. The highest BCUT2D eigenvalue weighted by Crippen LogP contribution is 2.43. The van der Waals surface area contributed by atoms with Crippen LogP contribution in [0.1, 0.15) is 67.2 Å². The van der Waals surface area contributed by atoms with Crippen LogP contribution in [0.3, 0.4) is 0 Å². The molecule has 1 aliphatic carbocycles. The third-order valence-corrected chi connectivity index (χ3v) is 6.57. The predicted molar refractivity (Wildman–Crippen MR) is 126 cm³/mol. The number of amides is 1. The maximum atomic E-state index is 13.2. The molecule has 1 aromatic carbocycles. The van der Waals surface area contributed by atoms with Crippen LogP contribution in [-0.4, -0.2) is 26.7 Å². The molecule has 0 spiro atoms. The molecular weight excluding hydrogens is 467 g/mol. The van der Waals surface area contributed by atoms with E-state index < -0.39 is 11.9 Å². The van der Waals surface area contributed by atoms with Gasteiger partial charge in [-0.25, -0.2) is 4.98 Å². The Kier molecular flexibility index (Phi) is 6.75. The molecule has 2 aromatic heterocycles. The number of alkyl halides is 3. The van der Waals surface area contributed by atoms with Crippen molar-refractivity contribution in [2.45, 2.75) is 64.2 Å². The van der Waals surface area contributed by atoms with Gasteiger partial charge >= 0.3 is 6.18 Å². The number of anilines is 1. The highest BCUT2D eigenvalue weighted by molar-refractivity contribution is 6.32. The van der Waals surface area contributed by atoms with Crippen molar-refractivity contribution in [1.82, 2.24) is 20.1 Å². The van der Waals surface area contributed by atoms with Gasteiger partial charge in [0.2, 0.25) is 0 Å². The Labute approximate surface area is 200 Å².